The van der Waals surface area contributed by atoms with Crippen LogP contribution in [0.4, 0.5) is 30.7 Å². The maximum Gasteiger partial charge on any atom is 0.199 e. The van der Waals surface area contributed by atoms with E-state index in [4.69, 9.17) is 0 Å². The van der Waals surface area contributed by atoms with Crippen LogP contribution in [0.25, 0.3) is 5.47 Å². The molecule has 9 heteroatoms. The van der Waals surface area contributed by atoms with Gasteiger partial charge in [-0.1, -0.05) is 12.3 Å². The lowest BCUT2D eigenvalue weighted by molar-refractivity contribution is 0.378. The van der Waals surface area contributed by atoms with Crippen LogP contribution < -0.4 is 10.6 Å². The summed E-state index contributed by atoms with van der Waals surface area (Å²) >= 11 is 0. The molecule has 1 nitrogen and oxygen atoms in total. The van der Waals surface area contributed by atoms with E-state index in [1.165, 1.54) is 6.82 Å². The molecule has 1 aliphatic carbocycles. The Morgan fingerprint density at radius 2 is 1.42 bits per heavy atom. The molecule has 3 rings (SSSR count). The van der Waals surface area contributed by atoms with E-state index in [0.29, 0.717) is 0 Å². The van der Waals surface area contributed by atoms with Gasteiger partial charge in [-0.05, 0) is 12.5 Å². The number of nitrogens with zero attached hydrogens (tertiary/aromatic N) is 1. The van der Waals surface area contributed by atoms with Gasteiger partial charge in [-0.15, -0.1) is 0 Å². The fourth-order valence-corrected chi connectivity index (χ4v) is 3.03. The molecule has 0 aromatic heterocycles. The monoisotopic (exact) mass is 346 g/mol. The van der Waals surface area contributed by atoms with Crippen LogP contribution in [0, 0.1) is 29.2 Å². The van der Waals surface area contributed by atoms with Gasteiger partial charge in [-0.2, -0.15) is 0 Å². The van der Waals surface area contributed by atoms with Crippen LogP contribution >= 0.6 is 0 Å². The normalized spacial score (nSPS) is 23.1. The SMILES string of the molecule is C[B]C1=c2c(F)c(F)c(F)c(F)c2=NC2C(C)=C(F)C(F)=C(F)C12. The summed E-state index contributed by atoms with van der Waals surface area (Å²) in [5.74, 6) is -14.1. The van der Waals surface area contributed by atoms with Crippen molar-refractivity contribution in [3.8, 4) is 0 Å². The molecule has 1 aromatic rings. The molecule has 0 bridgehead atoms. The second kappa shape index (κ2) is 5.49. The van der Waals surface area contributed by atoms with Crippen LogP contribution in [-0.2, 0) is 0 Å². The zero-order valence-electron chi connectivity index (χ0n) is 12.3. The Hall–Kier alpha value is -2.06. The van der Waals surface area contributed by atoms with Crippen LogP contribution in [0.1, 0.15) is 6.92 Å². The van der Waals surface area contributed by atoms with Crippen molar-refractivity contribution in [2.24, 2.45) is 10.9 Å². The van der Waals surface area contributed by atoms with Gasteiger partial charge < -0.3 is 0 Å². The van der Waals surface area contributed by atoms with Gasteiger partial charge in [0.05, 0.1) is 12.0 Å². The first-order valence-corrected chi connectivity index (χ1v) is 6.87. The van der Waals surface area contributed by atoms with Gasteiger partial charge in [-0.25, -0.2) is 30.7 Å². The van der Waals surface area contributed by atoms with Crippen molar-refractivity contribution in [2.75, 3.05) is 0 Å². The second-order valence-corrected chi connectivity index (χ2v) is 5.43. The smallest absolute Gasteiger partial charge is 0.199 e. The summed E-state index contributed by atoms with van der Waals surface area (Å²) in [4.78, 5) is 3.64. The topological polar surface area (TPSA) is 12.4 Å². The number of allylic oxidation sites excluding steroid dienone is 2. The predicted octanol–water partition coefficient (Wildman–Crippen LogP) is 3.13. The fourth-order valence-electron chi connectivity index (χ4n) is 3.03. The lowest BCUT2D eigenvalue weighted by Crippen LogP contribution is -2.47. The Balaban J connectivity index is 2.53. The summed E-state index contributed by atoms with van der Waals surface area (Å²) in [6.45, 7) is 2.41. The van der Waals surface area contributed by atoms with Crippen molar-refractivity contribution >= 4 is 12.8 Å². The Morgan fingerprint density at radius 1 is 0.833 bits per heavy atom. The van der Waals surface area contributed by atoms with Gasteiger partial charge in [0.1, 0.15) is 18.5 Å². The van der Waals surface area contributed by atoms with Gasteiger partial charge in [0.2, 0.25) is 0 Å². The highest BCUT2D eigenvalue weighted by molar-refractivity contribution is 6.57. The van der Waals surface area contributed by atoms with Crippen LogP contribution in [0.2, 0.25) is 6.82 Å². The Kier molecular flexibility index (Phi) is 3.84. The van der Waals surface area contributed by atoms with E-state index >= 15 is 0 Å². The van der Waals surface area contributed by atoms with Gasteiger partial charge >= 0.3 is 0 Å². The fraction of sp³-hybridized carbons (Fsp3) is 0.267. The highest BCUT2D eigenvalue weighted by atomic mass is 19.2. The van der Waals surface area contributed by atoms with Crippen molar-refractivity contribution in [1.82, 2.24) is 0 Å². The zero-order valence-corrected chi connectivity index (χ0v) is 12.3. The van der Waals surface area contributed by atoms with E-state index in [0.717, 1.165) is 14.2 Å². The summed E-state index contributed by atoms with van der Waals surface area (Å²) in [5.41, 5.74) is -0.687. The quantitative estimate of drug-likeness (QED) is 0.321. The molecule has 1 radical (unpaired) electrons. The van der Waals surface area contributed by atoms with Crippen molar-refractivity contribution in [3.05, 3.63) is 56.9 Å². The first-order chi connectivity index (χ1) is 11.2. The number of hydrogen-bond acceptors (Lipinski definition) is 1. The van der Waals surface area contributed by atoms with E-state index in [9.17, 15) is 30.7 Å². The number of halogens is 7. The van der Waals surface area contributed by atoms with Crippen LogP contribution in [-0.4, -0.2) is 13.3 Å². The number of rotatable bonds is 1. The summed E-state index contributed by atoms with van der Waals surface area (Å²) in [6.07, 6.45) is 0. The molecule has 2 aliphatic rings. The Bertz CT molecular complexity index is 948. The number of benzene rings is 1. The molecule has 24 heavy (non-hydrogen) atoms. The van der Waals surface area contributed by atoms with Gasteiger partial charge in [0.15, 0.2) is 34.9 Å². The van der Waals surface area contributed by atoms with Gasteiger partial charge in [-0.3, -0.25) is 4.99 Å². The molecule has 2 unspecified atom stereocenters. The minimum absolute atomic E-state index is 0.334. The third kappa shape index (κ3) is 1.99. The molecule has 1 heterocycles. The van der Waals surface area contributed by atoms with Crippen molar-refractivity contribution in [2.45, 2.75) is 19.8 Å². The minimum atomic E-state index is -2.08. The molecule has 0 fully saturated rings. The van der Waals surface area contributed by atoms with E-state index < -0.39 is 63.3 Å². The largest absolute Gasteiger partial charge is 0.273 e. The first kappa shape index (κ1) is 16.8. The second-order valence-electron chi connectivity index (χ2n) is 5.43. The summed E-state index contributed by atoms with van der Waals surface area (Å²) in [7, 11) is 1.11. The molecular weight excluding hydrogens is 338 g/mol. The molecule has 0 saturated heterocycles. The van der Waals surface area contributed by atoms with Crippen molar-refractivity contribution in [3.63, 3.8) is 0 Å². The number of hydrogen-bond donors (Lipinski definition) is 0. The molecule has 0 spiro atoms. The summed E-state index contributed by atoms with van der Waals surface area (Å²) < 4.78 is 96.8. The zero-order chi connectivity index (χ0) is 17.9. The third-order valence-electron chi connectivity index (χ3n) is 4.23. The summed E-state index contributed by atoms with van der Waals surface area (Å²) in [6, 6.07) is -1.43. The van der Waals surface area contributed by atoms with E-state index in [-0.39, 0.29) is 11.0 Å². The minimum Gasteiger partial charge on any atom is -0.273 e. The van der Waals surface area contributed by atoms with Gasteiger partial charge in [0.25, 0.3) is 0 Å². The average Bonchev–Trinajstić information content (AvgIpc) is 2.59. The molecule has 1 aliphatic heterocycles. The van der Waals surface area contributed by atoms with Crippen molar-refractivity contribution in [1.29, 1.82) is 0 Å². The lowest BCUT2D eigenvalue weighted by Gasteiger charge is -2.32. The Morgan fingerprint density at radius 3 is 2.00 bits per heavy atom. The van der Waals surface area contributed by atoms with E-state index in [1.807, 2.05) is 0 Å². The van der Waals surface area contributed by atoms with E-state index in [2.05, 4.69) is 4.99 Å². The molecule has 2 atom stereocenters. The predicted molar refractivity (Wildman–Crippen MR) is 72.4 cm³/mol. The number of fused-ring (bicyclic) bond motifs is 2. The summed E-state index contributed by atoms with van der Waals surface area (Å²) in [5, 5.41) is -1.68. The lowest BCUT2D eigenvalue weighted by atomic mass is 9.61. The maximum atomic E-state index is 14.2. The maximum absolute atomic E-state index is 14.2. The third-order valence-corrected chi connectivity index (χ3v) is 4.23. The van der Waals surface area contributed by atoms with Crippen LogP contribution in [0.15, 0.2) is 28.0 Å². The molecule has 0 saturated carbocycles. The van der Waals surface area contributed by atoms with Crippen molar-refractivity contribution < 1.29 is 30.7 Å². The molecule has 125 valence electrons. The standard InChI is InChI=1S/C15H8BF7N/c1-3-7(17)10(20)8(18)4-6(16-2)5-9(19)11(21)12(22)13(23)15(5)24-14(3)4/h4,14H,1-2H3. The first-order valence-electron chi connectivity index (χ1n) is 6.87. The van der Waals surface area contributed by atoms with Crippen LogP contribution in [0.3, 0.4) is 0 Å². The highest BCUT2D eigenvalue weighted by Crippen LogP contribution is 2.42. The molecule has 0 N–H and O–H groups in total. The highest BCUT2D eigenvalue weighted by Gasteiger charge is 2.42. The van der Waals surface area contributed by atoms with Gasteiger partial charge in [0, 0.05) is 5.22 Å². The molecule has 1 aromatic carbocycles. The van der Waals surface area contributed by atoms with Crippen LogP contribution in [0.5, 0.6) is 0 Å². The average molecular weight is 346 g/mol. The Labute approximate surface area is 132 Å². The molecule has 0 amide bonds. The molecular formula is C15H8BF7N. The van der Waals surface area contributed by atoms with E-state index in [1.54, 1.807) is 0 Å².